The van der Waals surface area contributed by atoms with Gasteiger partial charge in [-0.3, -0.25) is 4.79 Å². The summed E-state index contributed by atoms with van der Waals surface area (Å²) in [6, 6.07) is 0.397. The Kier molecular flexibility index (Phi) is 10.8. The molecule has 1 saturated heterocycles. The molecule has 0 aromatic heterocycles. The minimum atomic E-state index is 0. The molecule has 1 aliphatic rings. The molecule has 1 rings (SSSR count). The molecule has 0 aromatic carbocycles. The largest absolute Gasteiger partial charge is 0.355 e. The maximum Gasteiger partial charge on any atom is 0.220 e. The summed E-state index contributed by atoms with van der Waals surface area (Å²) in [5, 5.41) is 6.48. The maximum absolute atomic E-state index is 11.5. The average Bonchev–Trinajstić information content (AvgIpc) is 2.24. The molecule has 1 aliphatic heterocycles. The van der Waals surface area contributed by atoms with Crippen LogP contribution in [0.1, 0.15) is 39.5 Å². The van der Waals surface area contributed by atoms with Crippen molar-refractivity contribution in [3.05, 3.63) is 12.7 Å². The van der Waals surface area contributed by atoms with Gasteiger partial charge in [0.15, 0.2) is 0 Å². The molecule has 1 amide bonds. The smallest absolute Gasteiger partial charge is 0.220 e. The van der Waals surface area contributed by atoms with E-state index in [4.69, 9.17) is 0 Å². The molecule has 0 radical (unpaired) electrons. The third-order valence-corrected chi connectivity index (χ3v) is 3.41. The Bertz CT molecular complexity index is 257. The van der Waals surface area contributed by atoms with E-state index in [0.29, 0.717) is 12.5 Å². The van der Waals surface area contributed by atoms with Crippen LogP contribution in [-0.2, 0) is 4.79 Å². The number of nitrogens with one attached hydrogen (secondary N) is 2. The Labute approximate surface area is 123 Å². The second-order valence-corrected chi connectivity index (χ2v) is 5.23. The third-order valence-electron chi connectivity index (χ3n) is 3.41. The van der Waals surface area contributed by atoms with E-state index < -0.39 is 0 Å². The van der Waals surface area contributed by atoms with E-state index in [1.165, 1.54) is 12.8 Å². The van der Waals surface area contributed by atoms with E-state index in [2.05, 4.69) is 31.1 Å². The topological polar surface area (TPSA) is 41.1 Å². The number of hydrogen-bond donors (Lipinski definition) is 2. The molecule has 5 heteroatoms. The number of hydrogen-bond acceptors (Lipinski definition) is 2. The third kappa shape index (κ3) is 6.62. The van der Waals surface area contributed by atoms with Crippen LogP contribution in [0.15, 0.2) is 12.7 Å². The molecule has 1 unspecified atom stereocenters. The second-order valence-electron chi connectivity index (χ2n) is 5.23. The van der Waals surface area contributed by atoms with Crippen molar-refractivity contribution in [1.29, 1.82) is 0 Å². The van der Waals surface area contributed by atoms with E-state index >= 15 is 0 Å². The number of allylic oxidation sites excluding steroid dienone is 1. The monoisotopic (exact) mass is 296 g/mol. The number of piperidine rings is 1. The van der Waals surface area contributed by atoms with Crippen LogP contribution in [0.2, 0.25) is 0 Å². The van der Waals surface area contributed by atoms with Crippen molar-refractivity contribution in [1.82, 2.24) is 10.6 Å². The van der Waals surface area contributed by atoms with Crippen molar-refractivity contribution in [3.63, 3.8) is 0 Å². The lowest BCUT2D eigenvalue weighted by atomic mass is 9.77. The maximum atomic E-state index is 11.5. The van der Waals surface area contributed by atoms with Gasteiger partial charge in [0, 0.05) is 19.0 Å². The van der Waals surface area contributed by atoms with Gasteiger partial charge < -0.3 is 10.6 Å². The number of carbonyl (C=O) groups excluding carboxylic acids is 1. The van der Waals surface area contributed by atoms with Gasteiger partial charge >= 0.3 is 0 Å². The van der Waals surface area contributed by atoms with Gasteiger partial charge in [0.2, 0.25) is 5.91 Å². The van der Waals surface area contributed by atoms with Crippen molar-refractivity contribution in [2.45, 2.75) is 45.6 Å². The molecule has 0 bridgehead atoms. The van der Waals surface area contributed by atoms with E-state index in [9.17, 15) is 4.79 Å². The molecule has 0 aromatic rings. The first kappa shape index (κ1) is 20.1. The van der Waals surface area contributed by atoms with Crippen molar-refractivity contribution >= 4 is 30.7 Å². The van der Waals surface area contributed by atoms with E-state index in [1.807, 2.05) is 0 Å². The van der Waals surface area contributed by atoms with Gasteiger partial charge in [0.05, 0.1) is 0 Å². The zero-order chi connectivity index (χ0) is 12.0. The highest BCUT2D eigenvalue weighted by molar-refractivity contribution is 5.85. The highest BCUT2D eigenvalue weighted by Crippen LogP contribution is 2.29. The average molecular weight is 297 g/mol. The normalized spacial score (nSPS) is 21.1. The van der Waals surface area contributed by atoms with Crippen LogP contribution in [0.4, 0.5) is 0 Å². The molecular weight excluding hydrogens is 271 g/mol. The highest BCUT2D eigenvalue weighted by atomic mass is 35.5. The Balaban J connectivity index is 0. The van der Waals surface area contributed by atoms with Crippen molar-refractivity contribution < 1.29 is 4.79 Å². The van der Waals surface area contributed by atoms with Gasteiger partial charge in [-0.2, -0.15) is 0 Å². The van der Waals surface area contributed by atoms with Crippen LogP contribution in [0.5, 0.6) is 0 Å². The Hall–Kier alpha value is -0.250. The van der Waals surface area contributed by atoms with Gasteiger partial charge in [-0.25, -0.2) is 0 Å². The standard InChI is InChI=1S/C13H24N2O.2ClH/c1-4-5-7-12(16)15-10-11-13(2,3)8-6-9-14-11;;/h4,11,14H,1,5-10H2,2-3H3,(H,15,16);2*1H. The summed E-state index contributed by atoms with van der Waals surface area (Å²) in [6.07, 6.45) is 5.55. The van der Waals surface area contributed by atoms with Crippen molar-refractivity contribution in [2.75, 3.05) is 13.1 Å². The van der Waals surface area contributed by atoms with Crippen molar-refractivity contribution in [3.8, 4) is 0 Å². The van der Waals surface area contributed by atoms with Gasteiger partial charge in [0.1, 0.15) is 0 Å². The molecule has 0 saturated carbocycles. The zero-order valence-corrected chi connectivity index (χ0v) is 13.0. The van der Waals surface area contributed by atoms with Crippen molar-refractivity contribution in [2.24, 2.45) is 5.41 Å². The Morgan fingerprint density at radius 3 is 2.72 bits per heavy atom. The fraction of sp³-hybridized carbons (Fsp3) is 0.769. The Morgan fingerprint density at radius 1 is 1.50 bits per heavy atom. The Morgan fingerprint density at radius 2 is 2.17 bits per heavy atom. The molecule has 1 atom stereocenters. The predicted molar refractivity (Wildman–Crippen MR) is 81.7 cm³/mol. The number of halogens is 2. The van der Waals surface area contributed by atoms with E-state index in [1.54, 1.807) is 6.08 Å². The molecule has 0 aliphatic carbocycles. The first-order valence-corrected chi connectivity index (χ1v) is 6.17. The van der Waals surface area contributed by atoms with Gasteiger partial charge in [-0.05, 0) is 31.2 Å². The van der Waals surface area contributed by atoms with Gasteiger partial charge in [-0.15, -0.1) is 31.4 Å². The summed E-state index contributed by atoms with van der Waals surface area (Å²) < 4.78 is 0. The first-order chi connectivity index (χ1) is 7.56. The molecule has 18 heavy (non-hydrogen) atoms. The molecule has 1 fully saturated rings. The quantitative estimate of drug-likeness (QED) is 0.766. The fourth-order valence-corrected chi connectivity index (χ4v) is 2.16. The summed E-state index contributed by atoms with van der Waals surface area (Å²) in [6.45, 7) is 9.95. The summed E-state index contributed by atoms with van der Waals surface area (Å²) in [4.78, 5) is 11.5. The molecule has 108 valence electrons. The molecule has 3 nitrogen and oxygen atoms in total. The van der Waals surface area contributed by atoms with E-state index in [-0.39, 0.29) is 36.1 Å². The SMILES string of the molecule is C=CCCC(=O)NCC1NCCCC1(C)C.Cl.Cl. The summed E-state index contributed by atoms with van der Waals surface area (Å²) in [7, 11) is 0. The van der Waals surface area contributed by atoms with Crippen LogP contribution in [0.3, 0.4) is 0 Å². The number of rotatable bonds is 5. The lowest BCUT2D eigenvalue weighted by molar-refractivity contribution is -0.121. The first-order valence-electron chi connectivity index (χ1n) is 6.17. The minimum Gasteiger partial charge on any atom is -0.355 e. The zero-order valence-electron chi connectivity index (χ0n) is 11.3. The molecule has 1 heterocycles. The number of amides is 1. The summed E-state index contributed by atoms with van der Waals surface area (Å²) in [5.74, 6) is 0.128. The summed E-state index contributed by atoms with van der Waals surface area (Å²) in [5.41, 5.74) is 0.282. The van der Waals surface area contributed by atoms with Crippen LogP contribution in [0.25, 0.3) is 0 Å². The fourth-order valence-electron chi connectivity index (χ4n) is 2.16. The van der Waals surface area contributed by atoms with Gasteiger partial charge in [0.25, 0.3) is 0 Å². The minimum absolute atomic E-state index is 0. The van der Waals surface area contributed by atoms with Crippen LogP contribution < -0.4 is 10.6 Å². The second kappa shape index (κ2) is 9.65. The molecular formula is C13H26Cl2N2O. The number of carbonyl (C=O) groups is 1. The lowest BCUT2D eigenvalue weighted by Crippen LogP contribution is -2.52. The summed E-state index contributed by atoms with van der Waals surface area (Å²) >= 11 is 0. The molecule has 0 spiro atoms. The van der Waals surface area contributed by atoms with Gasteiger partial charge in [-0.1, -0.05) is 19.9 Å². The highest BCUT2D eigenvalue weighted by Gasteiger charge is 2.31. The molecule has 2 N–H and O–H groups in total. The van der Waals surface area contributed by atoms with Crippen LogP contribution >= 0.6 is 24.8 Å². The lowest BCUT2D eigenvalue weighted by Gasteiger charge is -2.39. The predicted octanol–water partition coefficient (Wildman–Crippen LogP) is 2.69. The van der Waals surface area contributed by atoms with E-state index in [0.717, 1.165) is 19.5 Å². The van der Waals surface area contributed by atoms with Crippen LogP contribution in [-0.4, -0.2) is 25.0 Å². The van der Waals surface area contributed by atoms with Crippen LogP contribution in [0, 0.1) is 5.41 Å².